The molecule has 92 valence electrons. The van der Waals surface area contributed by atoms with Crippen molar-refractivity contribution in [2.75, 3.05) is 0 Å². The maximum Gasteiger partial charge on any atom is 0.174 e. The van der Waals surface area contributed by atoms with Gasteiger partial charge in [0.15, 0.2) is 5.78 Å². The molecule has 1 heterocycles. The number of aryl methyl sites for hydroxylation is 2. The minimum atomic E-state index is 0.258. The number of hydrogen-bond donors (Lipinski definition) is 0. The molecule has 0 amide bonds. The van der Waals surface area contributed by atoms with Gasteiger partial charge in [0, 0.05) is 16.5 Å². The van der Waals surface area contributed by atoms with Gasteiger partial charge in [0.25, 0.3) is 0 Å². The van der Waals surface area contributed by atoms with Crippen molar-refractivity contribution < 1.29 is 4.79 Å². The Kier molecular flexibility index (Phi) is 3.08. The third kappa shape index (κ3) is 2.04. The predicted molar refractivity (Wildman–Crippen MR) is 77.3 cm³/mol. The molecule has 0 bridgehead atoms. The van der Waals surface area contributed by atoms with Crippen molar-refractivity contribution in [3.05, 3.63) is 38.8 Å². The van der Waals surface area contributed by atoms with E-state index in [1.807, 2.05) is 12.1 Å². The molecule has 18 heavy (non-hydrogen) atoms. The lowest BCUT2D eigenvalue weighted by molar-refractivity contribution is 0.0976. The molecule has 0 N–H and O–H groups in total. The average Bonchev–Trinajstić information content (AvgIpc) is 2.78. The van der Waals surface area contributed by atoms with Crippen molar-refractivity contribution in [2.45, 2.75) is 26.2 Å². The lowest BCUT2D eigenvalue weighted by Gasteiger charge is -2.06. The summed E-state index contributed by atoms with van der Waals surface area (Å²) in [5.74, 6) is 0.258. The normalized spacial score (nSPS) is 14.7. The highest BCUT2D eigenvalue weighted by molar-refractivity contribution is 9.10. The van der Waals surface area contributed by atoms with Gasteiger partial charge in [-0.25, -0.2) is 4.98 Å². The third-order valence-corrected chi connectivity index (χ3v) is 5.25. The van der Waals surface area contributed by atoms with E-state index in [2.05, 4.69) is 33.9 Å². The topological polar surface area (TPSA) is 30.0 Å². The number of rotatable bonds is 1. The fraction of sp³-hybridized carbons (Fsp3) is 0.286. The smallest absolute Gasteiger partial charge is 0.174 e. The van der Waals surface area contributed by atoms with Gasteiger partial charge in [-0.15, -0.1) is 11.3 Å². The highest BCUT2D eigenvalue weighted by Gasteiger charge is 2.22. The van der Waals surface area contributed by atoms with Gasteiger partial charge in [-0.05, 0) is 37.5 Å². The van der Waals surface area contributed by atoms with Crippen LogP contribution in [-0.2, 0) is 6.42 Å². The molecular weight excluding hydrogens is 310 g/mol. The van der Waals surface area contributed by atoms with E-state index in [-0.39, 0.29) is 5.78 Å². The summed E-state index contributed by atoms with van der Waals surface area (Å²) < 4.78 is 1.10. The zero-order valence-electron chi connectivity index (χ0n) is 10.00. The van der Waals surface area contributed by atoms with Crippen LogP contribution in [0.3, 0.4) is 0 Å². The summed E-state index contributed by atoms with van der Waals surface area (Å²) in [5.41, 5.74) is 3.28. The molecule has 2 nitrogen and oxygen atoms in total. The number of hydrogen-bond acceptors (Lipinski definition) is 3. The molecule has 0 spiro atoms. The molecule has 4 heteroatoms. The second-order valence-electron chi connectivity index (χ2n) is 4.54. The van der Waals surface area contributed by atoms with Crippen LogP contribution in [0.25, 0.3) is 10.6 Å². The van der Waals surface area contributed by atoms with Crippen molar-refractivity contribution in [3.8, 4) is 10.6 Å². The van der Waals surface area contributed by atoms with Crippen LogP contribution < -0.4 is 0 Å². The fourth-order valence-electron chi connectivity index (χ4n) is 2.17. The first-order chi connectivity index (χ1) is 8.65. The molecule has 0 saturated heterocycles. The first-order valence-electron chi connectivity index (χ1n) is 5.94. The number of halogens is 1. The Morgan fingerprint density at radius 2 is 2.17 bits per heavy atom. The number of ketones is 1. The number of thiazole rings is 1. The van der Waals surface area contributed by atoms with Crippen molar-refractivity contribution in [2.24, 2.45) is 0 Å². The van der Waals surface area contributed by atoms with Gasteiger partial charge >= 0.3 is 0 Å². The number of Topliss-reactive ketones (excluding diaryl/α,β-unsaturated/α-hetero) is 1. The summed E-state index contributed by atoms with van der Waals surface area (Å²) in [7, 11) is 0. The highest BCUT2D eigenvalue weighted by atomic mass is 79.9. The second-order valence-corrected chi connectivity index (χ2v) is 6.39. The zero-order valence-corrected chi connectivity index (χ0v) is 12.4. The summed E-state index contributed by atoms with van der Waals surface area (Å²) in [6.45, 7) is 2.06. The van der Waals surface area contributed by atoms with E-state index >= 15 is 0 Å². The van der Waals surface area contributed by atoms with Crippen molar-refractivity contribution in [1.82, 2.24) is 4.98 Å². The van der Waals surface area contributed by atoms with Crippen LogP contribution >= 0.6 is 27.3 Å². The molecule has 1 aromatic carbocycles. The molecule has 1 aliphatic rings. The van der Waals surface area contributed by atoms with Crippen LogP contribution in [0.15, 0.2) is 22.7 Å². The number of fused-ring (bicyclic) bond motifs is 1. The summed E-state index contributed by atoms with van der Waals surface area (Å²) in [4.78, 5) is 17.3. The Morgan fingerprint density at radius 1 is 1.33 bits per heavy atom. The van der Waals surface area contributed by atoms with Gasteiger partial charge in [-0.2, -0.15) is 0 Å². The number of carbonyl (C=O) groups excluding carboxylic acids is 1. The van der Waals surface area contributed by atoms with Crippen molar-refractivity contribution in [1.29, 1.82) is 0 Å². The number of carbonyl (C=O) groups is 1. The van der Waals surface area contributed by atoms with Crippen molar-refractivity contribution >= 4 is 33.0 Å². The van der Waals surface area contributed by atoms with Gasteiger partial charge in [0.1, 0.15) is 5.01 Å². The average molecular weight is 322 g/mol. The van der Waals surface area contributed by atoms with Gasteiger partial charge in [-0.3, -0.25) is 4.79 Å². The number of aromatic nitrogens is 1. The van der Waals surface area contributed by atoms with Crippen LogP contribution in [0.1, 0.15) is 33.8 Å². The second kappa shape index (κ2) is 4.59. The number of nitrogens with zero attached hydrogens (tertiary/aromatic N) is 1. The van der Waals surface area contributed by atoms with E-state index in [0.717, 1.165) is 38.5 Å². The van der Waals surface area contributed by atoms with E-state index in [9.17, 15) is 4.79 Å². The molecule has 1 aromatic heterocycles. The Bertz CT molecular complexity index is 633. The molecular formula is C14H12BrNOS. The van der Waals surface area contributed by atoms with Crippen LogP contribution in [0, 0.1) is 6.92 Å². The maximum atomic E-state index is 11.8. The standard InChI is InChI=1S/C14H12BrNOS/c1-8-7-9(5-6-10(8)15)14-16-11-3-2-4-12(17)13(11)18-14/h5-7H,2-4H2,1H3. The van der Waals surface area contributed by atoms with Gasteiger partial charge in [-0.1, -0.05) is 22.0 Å². The Balaban J connectivity index is 2.07. The lowest BCUT2D eigenvalue weighted by atomic mass is 10.0. The van der Waals surface area contributed by atoms with E-state index in [0.29, 0.717) is 6.42 Å². The Hall–Kier alpha value is -1.00. The molecule has 0 fully saturated rings. The molecule has 0 aliphatic heterocycles. The summed E-state index contributed by atoms with van der Waals surface area (Å²) in [5, 5.41) is 0.964. The molecule has 0 atom stereocenters. The lowest BCUT2D eigenvalue weighted by Crippen LogP contribution is -2.07. The van der Waals surface area contributed by atoms with E-state index in [1.54, 1.807) is 0 Å². The fourth-order valence-corrected chi connectivity index (χ4v) is 3.49. The first-order valence-corrected chi connectivity index (χ1v) is 7.55. The zero-order chi connectivity index (χ0) is 12.7. The van der Waals surface area contributed by atoms with E-state index < -0.39 is 0 Å². The monoisotopic (exact) mass is 321 g/mol. The van der Waals surface area contributed by atoms with E-state index in [4.69, 9.17) is 0 Å². The molecule has 0 unspecified atom stereocenters. The van der Waals surface area contributed by atoms with Crippen molar-refractivity contribution in [3.63, 3.8) is 0 Å². The molecule has 1 aliphatic carbocycles. The SMILES string of the molecule is Cc1cc(-c2nc3c(s2)C(=O)CCC3)ccc1Br. The van der Waals surface area contributed by atoms with E-state index in [1.165, 1.54) is 16.9 Å². The Morgan fingerprint density at radius 3 is 2.89 bits per heavy atom. The van der Waals surface area contributed by atoms with Crippen LogP contribution in [0.5, 0.6) is 0 Å². The number of benzene rings is 1. The largest absolute Gasteiger partial charge is 0.293 e. The minimum absolute atomic E-state index is 0.258. The molecule has 2 aromatic rings. The van der Waals surface area contributed by atoms with Crippen LogP contribution in [0.2, 0.25) is 0 Å². The van der Waals surface area contributed by atoms with Crippen LogP contribution in [-0.4, -0.2) is 10.8 Å². The summed E-state index contributed by atoms with van der Waals surface area (Å²) in [6, 6.07) is 6.19. The maximum absolute atomic E-state index is 11.8. The molecule has 0 radical (unpaired) electrons. The van der Waals surface area contributed by atoms with Gasteiger partial charge in [0.05, 0.1) is 10.6 Å². The Labute approximate surface area is 118 Å². The molecule has 3 rings (SSSR count). The molecule has 0 saturated carbocycles. The van der Waals surface area contributed by atoms with Gasteiger partial charge < -0.3 is 0 Å². The first kappa shape index (κ1) is 12.1. The summed E-state index contributed by atoms with van der Waals surface area (Å²) >= 11 is 5.03. The minimum Gasteiger partial charge on any atom is -0.293 e. The highest BCUT2D eigenvalue weighted by Crippen LogP contribution is 2.33. The third-order valence-electron chi connectivity index (χ3n) is 3.17. The van der Waals surface area contributed by atoms with Gasteiger partial charge in [0.2, 0.25) is 0 Å². The summed E-state index contributed by atoms with van der Waals surface area (Å²) in [6.07, 6.45) is 2.55. The van der Waals surface area contributed by atoms with Crippen LogP contribution in [0.4, 0.5) is 0 Å². The quantitative estimate of drug-likeness (QED) is 0.779. The predicted octanol–water partition coefficient (Wildman–Crippen LogP) is 4.40.